The highest BCUT2D eigenvalue weighted by atomic mass is 19.1. The molecule has 0 atom stereocenters. The van der Waals surface area contributed by atoms with Gasteiger partial charge in [0.1, 0.15) is 5.82 Å². The average molecular weight is 485 g/mol. The largest absolute Gasteiger partial charge is 0.465 e. The summed E-state index contributed by atoms with van der Waals surface area (Å²) in [5.41, 5.74) is 5.57. The third-order valence-electron chi connectivity index (χ3n) is 8.09. The molecule has 36 heavy (non-hydrogen) atoms. The van der Waals surface area contributed by atoms with Gasteiger partial charge in [-0.25, -0.2) is 9.18 Å². The van der Waals surface area contributed by atoms with Crippen LogP contribution in [-0.4, -0.2) is 25.5 Å². The van der Waals surface area contributed by atoms with Crippen molar-refractivity contribution in [3.8, 4) is 0 Å². The van der Waals surface area contributed by atoms with E-state index in [0.717, 1.165) is 49.0 Å². The molecule has 0 aromatic heterocycles. The topological polar surface area (TPSA) is 58.6 Å². The Hall–Kier alpha value is -3.67. The maximum Gasteiger partial charge on any atom is 0.337 e. The SMILES string of the molecule is COC(=O)c1ccc(C2(NC(=O)c3cccc4c3N(Cc3ccc(C)c(F)c3)CC43CC3)CC2)cc1. The molecule has 0 radical (unpaired) electrons. The number of halogens is 1. The fourth-order valence-electron chi connectivity index (χ4n) is 5.63. The van der Waals surface area contributed by atoms with E-state index in [9.17, 15) is 14.0 Å². The van der Waals surface area contributed by atoms with Crippen LogP contribution in [0.5, 0.6) is 0 Å². The number of esters is 1. The number of rotatable bonds is 6. The summed E-state index contributed by atoms with van der Waals surface area (Å²) in [4.78, 5) is 27.8. The number of nitrogens with one attached hydrogen (secondary N) is 1. The van der Waals surface area contributed by atoms with Gasteiger partial charge in [-0.3, -0.25) is 4.79 Å². The number of ether oxygens (including phenoxy) is 1. The van der Waals surface area contributed by atoms with Gasteiger partial charge in [0.25, 0.3) is 5.91 Å². The monoisotopic (exact) mass is 484 g/mol. The molecule has 6 heteroatoms. The normalized spacial score (nSPS) is 18.0. The Balaban J connectivity index is 1.29. The van der Waals surface area contributed by atoms with Crippen molar-refractivity contribution >= 4 is 17.6 Å². The second-order valence-corrected chi connectivity index (χ2v) is 10.5. The van der Waals surface area contributed by atoms with E-state index < -0.39 is 5.54 Å². The number of carbonyl (C=O) groups is 2. The molecule has 1 spiro atoms. The van der Waals surface area contributed by atoms with E-state index in [0.29, 0.717) is 23.2 Å². The molecule has 0 saturated heterocycles. The van der Waals surface area contributed by atoms with Gasteiger partial charge < -0.3 is 15.0 Å². The number of hydrogen-bond acceptors (Lipinski definition) is 4. The maximum absolute atomic E-state index is 14.3. The quantitative estimate of drug-likeness (QED) is 0.477. The molecule has 6 rings (SSSR count). The number of methoxy groups -OCH3 is 1. The third-order valence-corrected chi connectivity index (χ3v) is 8.09. The lowest BCUT2D eigenvalue weighted by Crippen LogP contribution is -2.36. The molecule has 1 N–H and O–H groups in total. The maximum atomic E-state index is 14.3. The van der Waals surface area contributed by atoms with Crippen LogP contribution in [0.1, 0.15) is 68.7 Å². The van der Waals surface area contributed by atoms with Gasteiger partial charge in [-0.2, -0.15) is 0 Å². The van der Waals surface area contributed by atoms with Crippen LogP contribution in [0.15, 0.2) is 60.7 Å². The molecule has 3 aliphatic rings. The van der Waals surface area contributed by atoms with Crippen molar-refractivity contribution in [2.24, 2.45) is 0 Å². The summed E-state index contributed by atoms with van der Waals surface area (Å²) in [5.74, 6) is -0.676. The summed E-state index contributed by atoms with van der Waals surface area (Å²) < 4.78 is 19.1. The molecule has 184 valence electrons. The lowest BCUT2D eigenvalue weighted by molar-refractivity contribution is 0.0600. The lowest BCUT2D eigenvalue weighted by Gasteiger charge is -2.24. The minimum Gasteiger partial charge on any atom is -0.465 e. The zero-order chi connectivity index (χ0) is 25.1. The summed E-state index contributed by atoms with van der Waals surface area (Å²) in [5, 5.41) is 3.30. The van der Waals surface area contributed by atoms with Crippen LogP contribution in [0.4, 0.5) is 10.1 Å². The Morgan fingerprint density at radius 1 is 1.03 bits per heavy atom. The Morgan fingerprint density at radius 3 is 2.42 bits per heavy atom. The van der Waals surface area contributed by atoms with Gasteiger partial charge >= 0.3 is 5.97 Å². The minimum absolute atomic E-state index is 0.0980. The second kappa shape index (κ2) is 8.19. The molecule has 0 bridgehead atoms. The van der Waals surface area contributed by atoms with Crippen molar-refractivity contribution in [3.63, 3.8) is 0 Å². The number of nitrogens with zero attached hydrogens (tertiary/aromatic N) is 1. The summed E-state index contributed by atoms with van der Waals surface area (Å²) in [7, 11) is 1.36. The number of hydrogen-bond donors (Lipinski definition) is 1. The molecule has 1 amide bonds. The van der Waals surface area contributed by atoms with Crippen molar-refractivity contribution in [3.05, 3.63) is 99.9 Å². The molecule has 2 aliphatic carbocycles. The third kappa shape index (κ3) is 3.76. The van der Waals surface area contributed by atoms with E-state index in [1.807, 2.05) is 36.4 Å². The number of aryl methyl sites for hydroxylation is 1. The van der Waals surface area contributed by atoms with Crippen LogP contribution < -0.4 is 10.2 Å². The smallest absolute Gasteiger partial charge is 0.337 e. The second-order valence-electron chi connectivity index (χ2n) is 10.5. The van der Waals surface area contributed by atoms with Crippen LogP contribution in [0.2, 0.25) is 0 Å². The van der Waals surface area contributed by atoms with Crippen LogP contribution in [0, 0.1) is 12.7 Å². The van der Waals surface area contributed by atoms with E-state index in [1.165, 1.54) is 12.7 Å². The van der Waals surface area contributed by atoms with Gasteiger partial charge in [0.05, 0.1) is 29.5 Å². The molecule has 2 fully saturated rings. The highest BCUT2D eigenvalue weighted by molar-refractivity contribution is 6.02. The Morgan fingerprint density at radius 2 is 1.78 bits per heavy atom. The minimum atomic E-state index is -0.421. The van der Waals surface area contributed by atoms with Gasteiger partial charge in [0.15, 0.2) is 0 Å². The average Bonchev–Trinajstić information content (AvgIpc) is 3.81. The molecular formula is C30H29FN2O3. The molecule has 3 aromatic rings. The number of anilines is 1. The molecule has 2 saturated carbocycles. The zero-order valence-corrected chi connectivity index (χ0v) is 20.6. The first-order valence-electron chi connectivity index (χ1n) is 12.5. The highest BCUT2D eigenvalue weighted by Crippen LogP contribution is 2.57. The molecule has 3 aromatic carbocycles. The van der Waals surface area contributed by atoms with Crippen molar-refractivity contribution in [2.45, 2.75) is 50.1 Å². The van der Waals surface area contributed by atoms with Gasteiger partial charge in [-0.05, 0) is 79.1 Å². The Kier molecular flexibility index (Phi) is 5.18. The first-order chi connectivity index (χ1) is 17.3. The van der Waals surface area contributed by atoms with Crippen molar-refractivity contribution in [1.82, 2.24) is 5.32 Å². The van der Waals surface area contributed by atoms with Gasteiger partial charge in [-0.1, -0.05) is 36.4 Å². The lowest BCUT2D eigenvalue weighted by atomic mass is 9.96. The predicted octanol–water partition coefficient (Wildman–Crippen LogP) is 5.39. The van der Waals surface area contributed by atoms with Crippen LogP contribution in [0.25, 0.3) is 0 Å². The standard InChI is InChI=1S/C30H29FN2O3/c1-19-6-7-20(16-25(19)31)17-33-18-29(12-13-29)24-5-3-4-23(26(24)33)27(34)32-30(14-15-30)22-10-8-21(9-11-22)28(35)36-2/h3-11,16H,12-15,17-18H2,1-2H3,(H,32,34). The molecule has 0 unspecified atom stereocenters. The molecular weight excluding hydrogens is 455 g/mol. The fourth-order valence-corrected chi connectivity index (χ4v) is 5.63. The van der Waals surface area contributed by atoms with E-state index in [4.69, 9.17) is 4.74 Å². The number of benzene rings is 3. The Bertz CT molecular complexity index is 1370. The highest BCUT2D eigenvalue weighted by Gasteiger charge is 2.53. The van der Waals surface area contributed by atoms with E-state index >= 15 is 0 Å². The number of fused-ring (bicyclic) bond motifs is 2. The number of para-hydroxylation sites is 1. The summed E-state index contributed by atoms with van der Waals surface area (Å²) in [6, 6.07) is 18.7. The van der Waals surface area contributed by atoms with Gasteiger partial charge in [0.2, 0.25) is 0 Å². The first-order valence-corrected chi connectivity index (χ1v) is 12.5. The Labute approximate surface area is 210 Å². The zero-order valence-electron chi connectivity index (χ0n) is 20.6. The van der Waals surface area contributed by atoms with Crippen LogP contribution in [-0.2, 0) is 22.2 Å². The summed E-state index contributed by atoms with van der Waals surface area (Å²) in [6.45, 7) is 3.18. The fraction of sp³-hybridized carbons (Fsp3) is 0.333. The van der Waals surface area contributed by atoms with Crippen molar-refractivity contribution in [1.29, 1.82) is 0 Å². The summed E-state index contributed by atoms with van der Waals surface area (Å²) >= 11 is 0. The molecule has 1 heterocycles. The molecule has 5 nitrogen and oxygen atoms in total. The number of amides is 1. The first kappa shape index (κ1) is 22.8. The van der Waals surface area contributed by atoms with Crippen molar-refractivity contribution < 1.29 is 18.7 Å². The van der Waals surface area contributed by atoms with Gasteiger partial charge in [0, 0.05) is 18.5 Å². The number of carbonyl (C=O) groups excluding carboxylic acids is 2. The predicted molar refractivity (Wildman–Crippen MR) is 136 cm³/mol. The van der Waals surface area contributed by atoms with Crippen molar-refractivity contribution in [2.75, 3.05) is 18.6 Å². The van der Waals surface area contributed by atoms with Crippen LogP contribution in [0.3, 0.4) is 0 Å². The molecule has 1 aliphatic heterocycles. The van der Waals surface area contributed by atoms with E-state index in [1.54, 1.807) is 25.1 Å². The van der Waals surface area contributed by atoms with E-state index in [-0.39, 0.29) is 23.1 Å². The van der Waals surface area contributed by atoms with E-state index in [2.05, 4.69) is 16.3 Å². The van der Waals surface area contributed by atoms with Crippen LogP contribution >= 0.6 is 0 Å². The summed E-state index contributed by atoms with van der Waals surface area (Å²) in [6.07, 6.45) is 3.92. The van der Waals surface area contributed by atoms with Gasteiger partial charge in [-0.15, -0.1) is 0 Å².